The highest BCUT2D eigenvalue weighted by atomic mass is 16.3. The summed E-state index contributed by atoms with van der Waals surface area (Å²) in [6.07, 6.45) is 0. The lowest BCUT2D eigenvalue weighted by Crippen LogP contribution is -1.85. The largest absolute Gasteiger partial charge is 0.507 e. The summed E-state index contributed by atoms with van der Waals surface area (Å²) in [5.41, 5.74) is 3.34. The number of hydrogen-bond acceptors (Lipinski definition) is 2. The molecule has 0 saturated heterocycles. The Balaban J connectivity index is 0.000000771. The van der Waals surface area contributed by atoms with Crippen molar-refractivity contribution in [2.75, 3.05) is 0 Å². The molecule has 18 heavy (non-hydrogen) atoms. The normalized spacial score (nSPS) is 9.56. The summed E-state index contributed by atoms with van der Waals surface area (Å²) in [6.45, 7) is 7.71. The minimum atomic E-state index is 0.256. The van der Waals surface area contributed by atoms with Gasteiger partial charge >= 0.3 is 0 Å². The van der Waals surface area contributed by atoms with Gasteiger partial charge in [0.1, 0.15) is 11.5 Å². The Bertz CT molecular complexity index is 507. The first-order valence-corrected chi connectivity index (χ1v) is 6.18. The Kier molecular flexibility index (Phi) is 4.78. The van der Waals surface area contributed by atoms with E-state index in [2.05, 4.69) is 0 Å². The van der Waals surface area contributed by atoms with Crippen LogP contribution in [0.3, 0.4) is 0 Å². The zero-order valence-electron chi connectivity index (χ0n) is 11.4. The highest BCUT2D eigenvalue weighted by Crippen LogP contribution is 2.33. The number of benzene rings is 2. The van der Waals surface area contributed by atoms with E-state index in [1.807, 2.05) is 52.0 Å². The molecule has 0 unspecified atom stereocenters. The third-order valence-corrected chi connectivity index (χ3v) is 2.71. The summed E-state index contributed by atoms with van der Waals surface area (Å²) in [4.78, 5) is 0. The molecule has 0 aliphatic carbocycles. The standard InChI is InChI=1S/C14H14O2.C2H6/c1-9-7-11(8-10(2)14(9)16)12-5-3-4-6-13(12)15;1-2/h3-8,15-16H,1-2H3;1-2H3. The zero-order chi connectivity index (χ0) is 13.7. The summed E-state index contributed by atoms with van der Waals surface area (Å²) in [6, 6.07) is 10.9. The van der Waals surface area contributed by atoms with Crippen LogP contribution in [0.15, 0.2) is 36.4 Å². The first-order valence-electron chi connectivity index (χ1n) is 6.18. The van der Waals surface area contributed by atoms with E-state index in [4.69, 9.17) is 0 Å². The molecule has 0 aliphatic heterocycles. The summed E-state index contributed by atoms with van der Waals surface area (Å²) >= 11 is 0. The van der Waals surface area contributed by atoms with Gasteiger partial charge in [-0.2, -0.15) is 0 Å². The number of hydrogen-bond donors (Lipinski definition) is 2. The second kappa shape index (κ2) is 6.10. The van der Waals surface area contributed by atoms with Crippen LogP contribution in [0.2, 0.25) is 0 Å². The monoisotopic (exact) mass is 244 g/mol. The maximum Gasteiger partial charge on any atom is 0.123 e. The van der Waals surface area contributed by atoms with Gasteiger partial charge in [0.15, 0.2) is 0 Å². The molecule has 0 heterocycles. The molecule has 2 N–H and O–H groups in total. The molecule has 0 spiro atoms. The van der Waals surface area contributed by atoms with Gasteiger partial charge in [0.05, 0.1) is 0 Å². The molecular weight excluding hydrogens is 224 g/mol. The van der Waals surface area contributed by atoms with Gasteiger partial charge in [-0.05, 0) is 48.7 Å². The Morgan fingerprint density at radius 3 is 1.83 bits per heavy atom. The quantitative estimate of drug-likeness (QED) is 0.780. The molecule has 96 valence electrons. The third kappa shape index (κ3) is 2.83. The number of para-hydroxylation sites is 1. The molecule has 2 aromatic carbocycles. The average Bonchev–Trinajstić information content (AvgIpc) is 2.38. The molecule has 2 heteroatoms. The summed E-state index contributed by atoms with van der Waals surface area (Å²) < 4.78 is 0. The summed E-state index contributed by atoms with van der Waals surface area (Å²) in [7, 11) is 0. The molecule has 2 nitrogen and oxygen atoms in total. The van der Waals surface area contributed by atoms with E-state index < -0.39 is 0 Å². The third-order valence-electron chi connectivity index (χ3n) is 2.71. The Labute approximate surface area is 109 Å². The van der Waals surface area contributed by atoms with Gasteiger partial charge in [0, 0.05) is 5.56 Å². The molecular formula is C16H20O2. The second-order valence-corrected chi connectivity index (χ2v) is 3.98. The van der Waals surface area contributed by atoms with Gasteiger partial charge < -0.3 is 10.2 Å². The number of rotatable bonds is 1. The van der Waals surface area contributed by atoms with E-state index >= 15 is 0 Å². The topological polar surface area (TPSA) is 40.5 Å². The smallest absolute Gasteiger partial charge is 0.123 e. The van der Waals surface area contributed by atoms with E-state index in [-0.39, 0.29) is 5.75 Å². The van der Waals surface area contributed by atoms with Gasteiger partial charge in [0.25, 0.3) is 0 Å². The molecule has 2 rings (SSSR count). The van der Waals surface area contributed by atoms with Gasteiger partial charge in [-0.15, -0.1) is 0 Å². The maximum absolute atomic E-state index is 9.75. The predicted molar refractivity (Wildman–Crippen MR) is 76.0 cm³/mol. The summed E-state index contributed by atoms with van der Waals surface area (Å²) in [5, 5.41) is 19.4. The fourth-order valence-corrected chi connectivity index (χ4v) is 1.83. The van der Waals surface area contributed by atoms with Crippen molar-refractivity contribution in [1.82, 2.24) is 0 Å². The van der Waals surface area contributed by atoms with Crippen LogP contribution in [-0.2, 0) is 0 Å². The Hall–Kier alpha value is -1.96. The first-order chi connectivity index (χ1) is 8.59. The highest BCUT2D eigenvalue weighted by molar-refractivity contribution is 5.72. The van der Waals surface area contributed by atoms with Crippen molar-refractivity contribution < 1.29 is 10.2 Å². The zero-order valence-corrected chi connectivity index (χ0v) is 11.4. The minimum absolute atomic E-state index is 0.256. The lowest BCUT2D eigenvalue weighted by molar-refractivity contribution is 0.466. The molecule has 0 aromatic heterocycles. The SMILES string of the molecule is CC.Cc1cc(-c2ccccc2O)cc(C)c1O. The molecule has 2 aromatic rings. The molecule has 0 saturated carbocycles. The minimum Gasteiger partial charge on any atom is -0.507 e. The van der Waals surface area contributed by atoms with Crippen LogP contribution in [-0.4, -0.2) is 10.2 Å². The van der Waals surface area contributed by atoms with E-state index in [0.29, 0.717) is 5.75 Å². The molecule has 0 aliphatic rings. The van der Waals surface area contributed by atoms with Crippen LogP contribution in [0.4, 0.5) is 0 Å². The first kappa shape index (κ1) is 14.1. The Morgan fingerprint density at radius 2 is 1.33 bits per heavy atom. The van der Waals surface area contributed by atoms with E-state index in [1.54, 1.807) is 12.1 Å². The van der Waals surface area contributed by atoms with Crippen LogP contribution in [0.25, 0.3) is 11.1 Å². The Morgan fingerprint density at radius 1 is 0.833 bits per heavy atom. The molecule has 0 atom stereocenters. The predicted octanol–water partition coefficient (Wildman–Crippen LogP) is 4.41. The fraction of sp³-hybridized carbons (Fsp3) is 0.250. The molecule has 0 radical (unpaired) electrons. The van der Waals surface area contributed by atoms with Crippen molar-refractivity contribution in [2.24, 2.45) is 0 Å². The second-order valence-electron chi connectivity index (χ2n) is 3.98. The molecule has 0 bridgehead atoms. The van der Waals surface area contributed by atoms with Crippen LogP contribution >= 0.6 is 0 Å². The van der Waals surface area contributed by atoms with Crippen molar-refractivity contribution in [3.05, 3.63) is 47.5 Å². The van der Waals surface area contributed by atoms with Crippen molar-refractivity contribution in [3.63, 3.8) is 0 Å². The van der Waals surface area contributed by atoms with Gasteiger partial charge in [0.2, 0.25) is 0 Å². The maximum atomic E-state index is 9.75. The van der Waals surface area contributed by atoms with Gasteiger partial charge in [-0.3, -0.25) is 0 Å². The number of phenols is 2. The number of aryl methyl sites for hydroxylation is 2. The lowest BCUT2D eigenvalue weighted by Gasteiger charge is -2.09. The van der Waals surface area contributed by atoms with Crippen LogP contribution < -0.4 is 0 Å². The van der Waals surface area contributed by atoms with Crippen LogP contribution in [0.1, 0.15) is 25.0 Å². The van der Waals surface area contributed by atoms with Crippen LogP contribution in [0.5, 0.6) is 11.5 Å². The summed E-state index contributed by atoms with van der Waals surface area (Å²) in [5.74, 6) is 0.575. The average molecular weight is 244 g/mol. The lowest BCUT2D eigenvalue weighted by atomic mass is 9.99. The van der Waals surface area contributed by atoms with Crippen molar-refractivity contribution in [2.45, 2.75) is 27.7 Å². The van der Waals surface area contributed by atoms with Gasteiger partial charge in [-0.25, -0.2) is 0 Å². The number of phenolic OH excluding ortho intramolecular Hbond substituents is 2. The van der Waals surface area contributed by atoms with E-state index in [1.165, 1.54) is 0 Å². The highest BCUT2D eigenvalue weighted by Gasteiger charge is 2.07. The molecule has 0 amide bonds. The van der Waals surface area contributed by atoms with E-state index in [9.17, 15) is 10.2 Å². The number of aromatic hydroxyl groups is 2. The molecule has 0 fully saturated rings. The van der Waals surface area contributed by atoms with Crippen molar-refractivity contribution in [1.29, 1.82) is 0 Å². The fourth-order valence-electron chi connectivity index (χ4n) is 1.83. The van der Waals surface area contributed by atoms with Gasteiger partial charge in [-0.1, -0.05) is 32.0 Å². The van der Waals surface area contributed by atoms with Crippen LogP contribution in [0, 0.1) is 13.8 Å². The van der Waals surface area contributed by atoms with E-state index in [0.717, 1.165) is 22.3 Å². The van der Waals surface area contributed by atoms with Crippen molar-refractivity contribution >= 4 is 0 Å². The van der Waals surface area contributed by atoms with Crippen molar-refractivity contribution in [3.8, 4) is 22.6 Å².